The largest absolute Gasteiger partial charge is 0.461 e. The summed E-state index contributed by atoms with van der Waals surface area (Å²) in [7, 11) is 0. The highest BCUT2D eigenvalue weighted by molar-refractivity contribution is 6.06. The van der Waals surface area contributed by atoms with Gasteiger partial charge in [0.2, 0.25) is 0 Å². The maximum Gasteiger partial charge on any atom is 0.338 e. The van der Waals surface area contributed by atoms with Crippen molar-refractivity contribution in [3.8, 4) is 0 Å². The monoisotopic (exact) mass is 399 g/mol. The summed E-state index contributed by atoms with van der Waals surface area (Å²) in [4.78, 5) is 37.2. The van der Waals surface area contributed by atoms with E-state index in [9.17, 15) is 19.7 Å². The Labute approximate surface area is 169 Å². The Hall–Kier alpha value is -3.26. The molecule has 0 aromatic heterocycles. The highest BCUT2D eigenvalue weighted by atomic mass is 16.6. The number of amides is 1. The van der Waals surface area contributed by atoms with Gasteiger partial charge in [-0.3, -0.25) is 14.9 Å². The normalized spacial score (nSPS) is 10.6. The van der Waals surface area contributed by atoms with Crippen molar-refractivity contribution in [3.63, 3.8) is 0 Å². The first-order chi connectivity index (χ1) is 13.9. The Kier molecular flexibility index (Phi) is 7.85. The molecule has 0 bridgehead atoms. The van der Waals surface area contributed by atoms with Gasteiger partial charge in [0.15, 0.2) is 0 Å². The van der Waals surface area contributed by atoms with Crippen LogP contribution < -0.4 is 5.32 Å². The van der Waals surface area contributed by atoms with Gasteiger partial charge in [-0.05, 0) is 50.3 Å². The summed E-state index contributed by atoms with van der Waals surface area (Å²) in [6.45, 7) is 8.41. The number of nitro benzene ring substituents is 1. The number of ether oxygens (including phenoxy) is 1. The number of nitrogens with one attached hydrogen (secondary N) is 1. The fraction of sp³-hybridized carbons (Fsp3) is 0.333. The van der Waals surface area contributed by atoms with Gasteiger partial charge in [0.05, 0.1) is 10.5 Å². The highest BCUT2D eigenvalue weighted by Gasteiger charge is 2.18. The number of nitrogens with zero attached hydrogens (tertiary/aromatic N) is 2. The number of carbonyl (C=O) groups is 2. The van der Waals surface area contributed by atoms with Crippen LogP contribution in [0.15, 0.2) is 42.5 Å². The lowest BCUT2D eigenvalue weighted by Crippen LogP contribution is -2.27. The molecule has 154 valence electrons. The SMILES string of the molecule is CCN(CC)CCOC(=O)c1ccc(NC(=O)c2cccc([N+](=O)[O-])c2C)cc1. The van der Waals surface area contributed by atoms with Crippen LogP contribution in [0, 0.1) is 17.0 Å². The third-order valence-corrected chi connectivity index (χ3v) is 4.66. The van der Waals surface area contributed by atoms with Gasteiger partial charge < -0.3 is 15.0 Å². The van der Waals surface area contributed by atoms with Crippen LogP contribution >= 0.6 is 0 Å². The third kappa shape index (κ3) is 5.86. The summed E-state index contributed by atoms with van der Waals surface area (Å²) < 4.78 is 5.27. The topological polar surface area (TPSA) is 102 Å². The Morgan fingerprint density at radius 3 is 2.34 bits per heavy atom. The van der Waals surface area contributed by atoms with Gasteiger partial charge in [-0.15, -0.1) is 0 Å². The molecule has 0 aliphatic rings. The molecule has 0 saturated heterocycles. The average Bonchev–Trinajstić information content (AvgIpc) is 2.71. The van der Waals surface area contributed by atoms with Crippen molar-refractivity contribution in [1.82, 2.24) is 4.90 Å². The van der Waals surface area contributed by atoms with Crippen molar-refractivity contribution in [2.24, 2.45) is 0 Å². The number of nitro groups is 1. The van der Waals surface area contributed by atoms with Gasteiger partial charge in [0.25, 0.3) is 11.6 Å². The predicted octanol–water partition coefficient (Wildman–Crippen LogP) is 3.65. The third-order valence-electron chi connectivity index (χ3n) is 4.66. The van der Waals surface area contributed by atoms with Crippen LogP contribution in [0.3, 0.4) is 0 Å². The summed E-state index contributed by atoms with van der Waals surface area (Å²) in [6, 6.07) is 10.7. The fourth-order valence-corrected chi connectivity index (χ4v) is 2.85. The minimum atomic E-state index is -0.521. The van der Waals surface area contributed by atoms with Crippen molar-refractivity contribution in [2.45, 2.75) is 20.8 Å². The number of carbonyl (C=O) groups excluding carboxylic acids is 2. The molecule has 0 fully saturated rings. The molecule has 0 aliphatic carbocycles. The minimum absolute atomic E-state index is 0.111. The molecule has 8 heteroatoms. The lowest BCUT2D eigenvalue weighted by atomic mass is 10.1. The van der Waals surface area contributed by atoms with E-state index in [2.05, 4.69) is 10.2 Å². The maximum absolute atomic E-state index is 12.5. The molecule has 1 N–H and O–H groups in total. The van der Waals surface area contributed by atoms with Crippen LogP contribution in [0.4, 0.5) is 11.4 Å². The minimum Gasteiger partial charge on any atom is -0.461 e. The summed E-state index contributed by atoms with van der Waals surface area (Å²) >= 11 is 0. The van der Waals surface area contributed by atoms with Gasteiger partial charge in [-0.1, -0.05) is 19.9 Å². The van der Waals surface area contributed by atoms with Gasteiger partial charge in [-0.25, -0.2) is 4.79 Å². The zero-order valence-electron chi connectivity index (χ0n) is 16.8. The molecule has 0 spiro atoms. The summed E-state index contributed by atoms with van der Waals surface area (Å²) in [5.41, 5.74) is 1.26. The van der Waals surface area contributed by atoms with Gasteiger partial charge in [0.1, 0.15) is 6.61 Å². The molecule has 0 radical (unpaired) electrons. The predicted molar refractivity (Wildman–Crippen MR) is 110 cm³/mol. The number of hydrogen-bond acceptors (Lipinski definition) is 6. The van der Waals surface area contributed by atoms with Crippen LogP contribution in [-0.4, -0.2) is 47.9 Å². The molecule has 29 heavy (non-hydrogen) atoms. The smallest absolute Gasteiger partial charge is 0.338 e. The number of hydrogen-bond donors (Lipinski definition) is 1. The van der Waals surface area contributed by atoms with Crippen LogP contribution in [0.5, 0.6) is 0 Å². The summed E-state index contributed by atoms with van der Waals surface area (Å²) in [5.74, 6) is -0.884. The second-order valence-corrected chi connectivity index (χ2v) is 6.40. The van der Waals surface area contributed by atoms with Crippen LogP contribution in [0.25, 0.3) is 0 Å². The Balaban J connectivity index is 1.98. The standard InChI is InChI=1S/C21H25N3O5/c1-4-23(5-2)13-14-29-21(26)16-9-11-17(12-10-16)22-20(25)18-7-6-8-19(15(18)3)24(27)28/h6-12H,4-5,13-14H2,1-3H3,(H,22,25). The van der Waals surface area contributed by atoms with E-state index in [0.29, 0.717) is 30.0 Å². The first kappa shape index (κ1) is 22.0. The number of likely N-dealkylation sites (N-methyl/N-ethyl adjacent to an activating group) is 1. The first-order valence-electron chi connectivity index (χ1n) is 9.42. The van der Waals surface area contributed by atoms with Crippen molar-refractivity contribution >= 4 is 23.3 Å². The van der Waals surface area contributed by atoms with E-state index in [1.54, 1.807) is 24.3 Å². The maximum atomic E-state index is 12.5. The van der Waals surface area contributed by atoms with E-state index in [-0.39, 0.29) is 11.3 Å². The van der Waals surface area contributed by atoms with E-state index < -0.39 is 16.8 Å². The molecular weight excluding hydrogens is 374 g/mol. The molecule has 2 aromatic carbocycles. The first-order valence-corrected chi connectivity index (χ1v) is 9.42. The molecule has 0 heterocycles. The number of anilines is 1. The van der Waals surface area contributed by atoms with Crippen molar-refractivity contribution in [3.05, 3.63) is 69.3 Å². The molecule has 0 unspecified atom stereocenters. The van der Waals surface area contributed by atoms with E-state index in [1.807, 2.05) is 13.8 Å². The number of benzene rings is 2. The Bertz CT molecular complexity index is 876. The van der Waals surface area contributed by atoms with E-state index >= 15 is 0 Å². The quantitative estimate of drug-likeness (QED) is 0.392. The Morgan fingerprint density at radius 2 is 1.76 bits per heavy atom. The highest BCUT2D eigenvalue weighted by Crippen LogP contribution is 2.22. The number of esters is 1. The van der Waals surface area contributed by atoms with E-state index in [4.69, 9.17) is 4.74 Å². The van der Waals surface area contributed by atoms with Crippen molar-refractivity contribution < 1.29 is 19.2 Å². The van der Waals surface area contributed by atoms with Gasteiger partial charge in [-0.2, -0.15) is 0 Å². The Morgan fingerprint density at radius 1 is 1.10 bits per heavy atom. The lowest BCUT2D eigenvalue weighted by molar-refractivity contribution is -0.385. The average molecular weight is 399 g/mol. The van der Waals surface area contributed by atoms with Gasteiger partial charge in [0, 0.05) is 29.4 Å². The van der Waals surface area contributed by atoms with Crippen LogP contribution in [0.2, 0.25) is 0 Å². The second-order valence-electron chi connectivity index (χ2n) is 6.40. The summed E-state index contributed by atoms with van der Waals surface area (Å²) in [6.07, 6.45) is 0. The molecule has 0 aliphatic heterocycles. The molecule has 0 saturated carbocycles. The zero-order valence-corrected chi connectivity index (χ0v) is 16.8. The zero-order chi connectivity index (χ0) is 21.4. The molecule has 8 nitrogen and oxygen atoms in total. The van der Waals surface area contributed by atoms with Crippen molar-refractivity contribution in [2.75, 3.05) is 31.6 Å². The second kappa shape index (κ2) is 10.3. The molecule has 2 aromatic rings. The molecule has 2 rings (SSSR count). The van der Waals surface area contributed by atoms with Gasteiger partial charge >= 0.3 is 5.97 Å². The van der Waals surface area contributed by atoms with E-state index in [0.717, 1.165) is 13.1 Å². The molecular formula is C21H25N3O5. The summed E-state index contributed by atoms with van der Waals surface area (Å²) in [5, 5.41) is 13.7. The van der Waals surface area contributed by atoms with Crippen molar-refractivity contribution in [1.29, 1.82) is 0 Å². The molecule has 1 amide bonds. The molecule has 0 atom stereocenters. The van der Waals surface area contributed by atoms with E-state index in [1.165, 1.54) is 25.1 Å². The number of rotatable bonds is 9. The van der Waals surface area contributed by atoms with Crippen LogP contribution in [-0.2, 0) is 4.74 Å². The fourth-order valence-electron chi connectivity index (χ4n) is 2.85. The lowest BCUT2D eigenvalue weighted by Gasteiger charge is -2.17. The van der Waals surface area contributed by atoms with Crippen LogP contribution in [0.1, 0.15) is 40.1 Å².